The Morgan fingerprint density at radius 1 is 1.32 bits per heavy atom. The summed E-state index contributed by atoms with van der Waals surface area (Å²) in [6.45, 7) is 8.50. The first kappa shape index (κ1) is 18.6. The highest BCUT2D eigenvalue weighted by molar-refractivity contribution is 5.91. The molecule has 1 aliphatic heterocycles. The van der Waals surface area contributed by atoms with Crippen LogP contribution in [0.25, 0.3) is 0 Å². The van der Waals surface area contributed by atoms with Gasteiger partial charge in [0.25, 0.3) is 0 Å². The Morgan fingerprint density at radius 3 is 2.64 bits per heavy atom. The van der Waals surface area contributed by atoms with Gasteiger partial charge in [0.1, 0.15) is 12.7 Å². The number of carbonyl (C=O) groups is 1. The minimum absolute atomic E-state index is 0.0280. The van der Waals surface area contributed by atoms with Gasteiger partial charge >= 0.3 is 5.97 Å². The predicted molar refractivity (Wildman–Crippen MR) is 93.6 cm³/mol. The minimum atomic E-state index is -0.844. The lowest BCUT2D eigenvalue weighted by molar-refractivity contribution is -0.151. The summed E-state index contributed by atoms with van der Waals surface area (Å²) in [6.07, 6.45) is 4.42. The van der Waals surface area contributed by atoms with Crippen LogP contribution in [0.2, 0.25) is 0 Å². The second-order valence-electron chi connectivity index (χ2n) is 8.54. The van der Waals surface area contributed by atoms with Gasteiger partial charge in [-0.25, -0.2) is 4.79 Å². The fourth-order valence-corrected chi connectivity index (χ4v) is 5.56. The number of aliphatic hydroxyl groups is 3. The Labute approximate surface area is 149 Å². The molecule has 5 nitrogen and oxygen atoms in total. The molecule has 3 N–H and O–H groups in total. The van der Waals surface area contributed by atoms with E-state index >= 15 is 0 Å². The molecular formula is C20H30O5. The van der Waals surface area contributed by atoms with E-state index in [9.17, 15) is 20.1 Å². The van der Waals surface area contributed by atoms with Crippen LogP contribution in [-0.2, 0) is 9.53 Å². The molecule has 3 unspecified atom stereocenters. The van der Waals surface area contributed by atoms with E-state index < -0.39 is 23.6 Å². The number of allylic oxidation sites excluding steroid dienone is 2. The Bertz CT molecular complexity index is 597. The van der Waals surface area contributed by atoms with E-state index in [1.807, 2.05) is 13.0 Å². The fourth-order valence-electron chi connectivity index (χ4n) is 5.56. The van der Waals surface area contributed by atoms with Crippen molar-refractivity contribution in [3.63, 3.8) is 0 Å². The summed E-state index contributed by atoms with van der Waals surface area (Å²) in [5, 5.41) is 30.4. The third kappa shape index (κ3) is 2.86. The SMILES string of the molecule is C=C1CCC2[C@](C)(CC[C@@H](O)[C@@]2(C)CO)C1C/C=C1\C(=O)OCC1O. The number of fused-ring (bicyclic) bond motifs is 1. The zero-order valence-electron chi connectivity index (χ0n) is 15.2. The van der Waals surface area contributed by atoms with E-state index in [1.165, 1.54) is 0 Å². The summed E-state index contributed by atoms with van der Waals surface area (Å²) in [5.74, 6) is -0.0734. The van der Waals surface area contributed by atoms with Gasteiger partial charge in [0.15, 0.2) is 0 Å². The second-order valence-corrected chi connectivity index (χ2v) is 8.54. The molecule has 0 amide bonds. The summed E-state index contributed by atoms with van der Waals surface area (Å²) in [5.41, 5.74) is 0.911. The molecular weight excluding hydrogens is 320 g/mol. The highest BCUT2D eigenvalue weighted by Crippen LogP contribution is 2.61. The van der Waals surface area contributed by atoms with Crippen LogP contribution in [0.1, 0.15) is 46.0 Å². The Hall–Kier alpha value is -1.17. The van der Waals surface area contributed by atoms with Crippen LogP contribution in [-0.4, -0.2) is 46.7 Å². The van der Waals surface area contributed by atoms with Crippen LogP contribution >= 0.6 is 0 Å². The van der Waals surface area contributed by atoms with Crippen LogP contribution in [0.3, 0.4) is 0 Å². The third-order valence-electron chi connectivity index (χ3n) is 7.23. The number of ether oxygens (including phenoxy) is 1. The molecule has 25 heavy (non-hydrogen) atoms. The quantitative estimate of drug-likeness (QED) is 0.411. The van der Waals surface area contributed by atoms with Gasteiger partial charge < -0.3 is 20.1 Å². The Morgan fingerprint density at radius 2 is 2.04 bits per heavy atom. The number of cyclic esters (lactones) is 1. The van der Waals surface area contributed by atoms with Gasteiger partial charge in [0.2, 0.25) is 0 Å². The van der Waals surface area contributed by atoms with Gasteiger partial charge in [-0.2, -0.15) is 0 Å². The van der Waals surface area contributed by atoms with Crippen molar-refractivity contribution in [3.8, 4) is 0 Å². The molecule has 1 heterocycles. The highest BCUT2D eigenvalue weighted by Gasteiger charge is 2.57. The fraction of sp³-hybridized carbons (Fsp3) is 0.750. The molecule has 140 valence electrons. The summed E-state index contributed by atoms with van der Waals surface area (Å²) in [6, 6.07) is 0. The molecule has 0 spiro atoms. The summed E-state index contributed by atoms with van der Waals surface area (Å²) in [7, 11) is 0. The molecule has 5 heteroatoms. The van der Waals surface area contributed by atoms with Crippen molar-refractivity contribution in [2.75, 3.05) is 13.2 Å². The van der Waals surface area contributed by atoms with E-state index in [2.05, 4.69) is 13.5 Å². The standard InChI is InChI=1S/C20H30O5/c1-12-4-7-16-19(2,9-8-17(23)20(16,3)11-21)14(12)6-5-13-15(22)10-25-18(13)24/h5,14-17,21-23H,1,4,6-11H2,2-3H3/b13-5-/t14?,15?,16?,17-,19-,20+/m1/s1. The maximum absolute atomic E-state index is 11.8. The summed E-state index contributed by atoms with van der Waals surface area (Å²) in [4.78, 5) is 11.8. The number of rotatable bonds is 3. The molecule has 2 saturated carbocycles. The molecule has 0 aromatic carbocycles. The molecule has 0 bridgehead atoms. The van der Waals surface area contributed by atoms with Gasteiger partial charge in [0.05, 0.1) is 18.3 Å². The number of hydrogen-bond donors (Lipinski definition) is 3. The molecule has 3 aliphatic rings. The van der Waals surface area contributed by atoms with Gasteiger partial charge in [-0.3, -0.25) is 0 Å². The van der Waals surface area contributed by atoms with Crippen LogP contribution in [0, 0.1) is 22.7 Å². The van der Waals surface area contributed by atoms with Crippen molar-refractivity contribution in [1.29, 1.82) is 0 Å². The van der Waals surface area contributed by atoms with Crippen LogP contribution in [0.4, 0.5) is 0 Å². The molecule has 3 rings (SSSR count). The molecule has 0 radical (unpaired) electrons. The largest absolute Gasteiger partial charge is 0.459 e. The van der Waals surface area contributed by atoms with Crippen molar-refractivity contribution < 1.29 is 24.9 Å². The highest BCUT2D eigenvalue weighted by atomic mass is 16.6. The third-order valence-corrected chi connectivity index (χ3v) is 7.23. The normalized spacial score (nSPS) is 46.2. The molecule has 2 aliphatic carbocycles. The van der Waals surface area contributed by atoms with Crippen molar-refractivity contribution in [2.24, 2.45) is 22.7 Å². The topological polar surface area (TPSA) is 87.0 Å². The van der Waals surface area contributed by atoms with E-state index in [0.29, 0.717) is 18.4 Å². The van der Waals surface area contributed by atoms with Gasteiger partial charge in [-0.15, -0.1) is 0 Å². The van der Waals surface area contributed by atoms with E-state index in [4.69, 9.17) is 4.74 Å². The zero-order valence-corrected chi connectivity index (χ0v) is 15.2. The average Bonchev–Trinajstić information content (AvgIpc) is 2.89. The average molecular weight is 350 g/mol. The van der Waals surface area contributed by atoms with Crippen LogP contribution < -0.4 is 0 Å². The molecule has 6 atom stereocenters. The summed E-state index contributed by atoms with van der Waals surface area (Å²) < 4.78 is 4.90. The molecule has 0 aromatic heterocycles. The Balaban J connectivity index is 1.89. The lowest BCUT2D eigenvalue weighted by Gasteiger charge is -2.59. The summed E-state index contributed by atoms with van der Waals surface area (Å²) >= 11 is 0. The smallest absolute Gasteiger partial charge is 0.336 e. The monoisotopic (exact) mass is 350 g/mol. The second kappa shape index (κ2) is 6.53. The lowest BCUT2D eigenvalue weighted by Crippen LogP contribution is -2.57. The van der Waals surface area contributed by atoms with Gasteiger partial charge in [-0.1, -0.05) is 32.1 Å². The first-order chi connectivity index (χ1) is 11.7. The molecule has 0 aromatic rings. The molecule has 1 saturated heterocycles. The number of aliphatic hydroxyl groups excluding tert-OH is 3. The maximum atomic E-state index is 11.8. The van der Waals surface area contributed by atoms with Crippen LogP contribution in [0.15, 0.2) is 23.8 Å². The van der Waals surface area contributed by atoms with Crippen molar-refractivity contribution in [2.45, 2.75) is 58.2 Å². The van der Waals surface area contributed by atoms with Gasteiger partial charge in [0, 0.05) is 5.41 Å². The lowest BCUT2D eigenvalue weighted by atomic mass is 9.46. The van der Waals surface area contributed by atoms with Crippen molar-refractivity contribution >= 4 is 5.97 Å². The number of esters is 1. The van der Waals surface area contributed by atoms with Gasteiger partial charge in [-0.05, 0) is 49.4 Å². The predicted octanol–water partition coefficient (Wildman–Crippen LogP) is 1.96. The van der Waals surface area contributed by atoms with E-state index in [1.54, 1.807) is 0 Å². The first-order valence-corrected chi connectivity index (χ1v) is 9.26. The molecule has 3 fully saturated rings. The van der Waals surface area contributed by atoms with E-state index in [-0.39, 0.29) is 30.5 Å². The van der Waals surface area contributed by atoms with Crippen LogP contribution in [0.5, 0.6) is 0 Å². The number of carbonyl (C=O) groups excluding carboxylic acids is 1. The van der Waals surface area contributed by atoms with Crippen molar-refractivity contribution in [1.82, 2.24) is 0 Å². The Kier molecular flexibility index (Phi) is 4.86. The van der Waals surface area contributed by atoms with E-state index in [0.717, 1.165) is 24.8 Å². The number of hydrogen-bond acceptors (Lipinski definition) is 5. The zero-order chi connectivity index (χ0) is 18.4. The first-order valence-electron chi connectivity index (χ1n) is 9.26. The maximum Gasteiger partial charge on any atom is 0.336 e. The minimum Gasteiger partial charge on any atom is -0.459 e. The van der Waals surface area contributed by atoms with Crippen molar-refractivity contribution in [3.05, 3.63) is 23.8 Å².